The molecule has 0 spiro atoms. The molecule has 0 saturated carbocycles. The van der Waals surface area contributed by atoms with Crippen molar-refractivity contribution in [2.45, 2.75) is 4.90 Å². The molecule has 0 aliphatic rings. The van der Waals surface area contributed by atoms with Gasteiger partial charge in [-0.25, -0.2) is 17.9 Å². The predicted molar refractivity (Wildman–Crippen MR) is 59.8 cm³/mol. The Morgan fingerprint density at radius 2 is 2.19 bits per heavy atom. The molecule has 0 bridgehead atoms. The van der Waals surface area contributed by atoms with Crippen LogP contribution in [0.25, 0.3) is 0 Å². The number of thioether (sulfide) groups is 1. The molecule has 86 valence electrons. The van der Waals surface area contributed by atoms with Gasteiger partial charge in [0.1, 0.15) is 5.82 Å². The summed E-state index contributed by atoms with van der Waals surface area (Å²) in [5.41, 5.74) is 0.230. The van der Waals surface area contributed by atoms with Crippen LogP contribution < -0.4 is 5.14 Å². The summed E-state index contributed by atoms with van der Waals surface area (Å²) in [6, 6.07) is 5.84. The van der Waals surface area contributed by atoms with Crippen molar-refractivity contribution in [3.63, 3.8) is 0 Å². The van der Waals surface area contributed by atoms with Gasteiger partial charge in [0.25, 0.3) is 0 Å². The van der Waals surface area contributed by atoms with Crippen LogP contribution in [-0.2, 0) is 10.0 Å². The van der Waals surface area contributed by atoms with Crippen molar-refractivity contribution >= 4 is 21.8 Å². The highest BCUT2D eigenvalue weighted by Gasteiger charge is 2.07. The van der Waals surface area contributed by atoms with Gasteiger partial charge in [0, 0.05) is 10.6 Å². The van der Waals surface area contributed by atoms with Crippen LogP contribution in [0.3, 0.4) is 0 Å². The number of sulfonamides is 1. The molecule has 1 aromatic rings. The number of rotatable bonds is 4. The molecule has 1 aromatic carbocycles. The highest BCUT2D eigenvalue weighted by atomic mass is 32.2. The molecule has 16 heavy (non-hydrogen) atoms. The van der Waals surface area contributed by atoms with Crippen molar-refractivity contribution in [3.05, 3.63) is 29.6 Å². The minimum absolute atomic E-state index is 0.182. The van der Waals surface area contributed by atoms with Crippen molar-refractivity contribution in [1.82, 2.24) is 0 Å². The Hall–Kier alpha value is -1.10. The Kier molecular flexibility index (Phi) is 4.29. The molecule has 7 heteroatoms. The molecule has 0 aliphatic carbocycles. The lowest BCUT2D eigenvalue weighted by molar-refractivity contribution is 0.597. The zero-order valence-electron chi connectivity index (χ0n) is 8.18. The van der Waals surface area contributed by atoms with Crippen molar-refractivity contribution in [1.29, 1.82) is 5.26 Å². The second-order valence-electron chi connectivity index (χ2n) is 2.97. The monoisotopic (exact) mass is 260 g/mol. The van der Waals surface area contributed by atoms with Crippen LogP contribution in [0.5, 0.6) is 0 Å². The molecule has 0 saturated heterocycles. The van der Waals surface area contributed by atoms with Gasteiger partial charge in [0.2, 0.25) is 10.0 Å². The second kappa shape index (κ2) is 5.30. The molecule has 0 aliphatic heterocycles. The van der Waals surface area contributed by atoms with Crippen LogP contribution in [0, 0.1) is 17.1 Å². The van der Waals surface area contributed by atoms with E-state index in [1.165, 1.54) is 12.1 Å². The van der Waals surface area contributed by atoms with E-state index >= 15 is 0 Å². The highest BCUT2D eigenvalue weighted by Crippen LogP contribution is 2.22. The van der Waals surface area contributed by atoms with Gasteiger partial charge in [-0.05, 0) is 18.2 Å². The first kappa shape index (κ1) is 13.0. The number of halogens is 1. The van der Waals surface area contributed by atoms with E-state index in [1.807, 2.05) is 6.07 Å². The maximum absolute atomic E-state index is 13.3. The van der Waals surface area contributed by atoms with Gasteiger partial charge in [0.05, 0.1) is 17.4 Å². The van der Waals surface area contributed by atoms with E-state index in [-0.39, 0.29) is 17.1 Å². The van der Waals surface area contributed by atoms with Crippen molar-refractivity contribution in [3.8, 4) is 6.07 Å². The zero-order chi connectivity index (χ0) is 12.2. The largest absolute Gasteiger partial charge is 0.229 e. The lowest BCUT2D eigenvalue weighted by Gasteiger charge is -2.02. The number of nitrogens with zero attached hydrogens (tertiary/aromatic N) is 1. The third-order valence-corrected chi connectivity index (χ3v) is 3.77. The number of hydrogen-bond donors (Lipinski definition) is 1. The van der Waals surface area contributed by atoms with E-state index in [4.69, 9.17) is 10.4 Å². The quantitative estimate of drug-likeness (QED) is 0.821. The Morgan fingerprint density at radius 1 is 1.50 bits per heavy atom. The second-order valence-corrected chi connectivity index (χ2v) is 5.84. The fourth-order valence-corrected chi connectivity index (χ4v) is 2.80. The molecule has 0 radical (unpaired) electrons. The Morgan fingerprint density at radius 3 is 2.69 bits per heavy atom. The number of hydrogen-bond acceptors (Lipinski definition) is 4. The van der Waals surface area contributed by atoms with Crippen LogP contribution in [0.1, 0.15) is 5.56 Å². The van der Waals surface area contributed by atoms with Crippen LogP contribution >= 0.6 is 11.8 Å². The molecule has 0 aromatic heterocycles. The van der Waals surface area contributed by atoms with E-state index in [1.54, 1.807) is 0 Å². The SMILES string of the molecule is N#Cc1ccc(SCCS(N)(=O)=O)c(F)c1. The van der Waals surface area contributed by atoms with E-state index < -0.39 is 15.8 Å². The molecule has 0 amide bonds. The summed E-state index contributed by atoms with van der Waals surface area (Å²) in [5, 5.41) is 13.3. The molecule has 0 fully saturated rings. The molecule has 1 rings (SSSR count). The average Bonchev–Trinajstić information content (AvgIpc) is 2.18. The Bertz CT molecular complexity index is 523. The topological polar surface area (TPSA) is 83.9 Å². The lowest BCUT2D eigenvalue weighted by Crippen LogP contribution is -2.17. The van der Waals surface area contributed by atoms with Gasteiger partial charge in [0.15, 0.2) is 0 Å². The summed E-state index contributed by atoms with van der Waals surface area (Å²) < 4.78 is 34.6. The molecule has 0 heterocycles. The third-order valence-electron chi connectivity index (χ3n) is 1.69. The number of nitrogens with two attached hydrogens (primary N) is 1. The molecule has 0 unspecified atom stereocenters. The molecule has 2 N–H and O–H groups in total. The summed E-state index contributed by atoms with van der Waals surface area (Å²) in [6.07, 6.45) is 0. The van der Waals surface area contributed by atoms with Gasteiger partial charge in [-0.15, -0.1) is 11.8 Å². The van der Waals surface area contributed by atoms with Gasteiger partial charge in [-0.2, -0.15) is 5.26 Å². The summed E-state index contributed by atoms with van der Waals surface area (Å²) in [4.78, 5) is 0.308. The average molecular weight is 260 g/mol. The molecule has 4 nitrogen and oxygen atoms in total. The van der Waals surface area contributed by atoms with Crippen molar-refractivity contribution < 1.29 is 12.8 Å². The number of benzene rings is 1. The number of primary sulfonamides is 1. The predicted octanol–water partition coefficient (Wildman–Crippen LogP) is 1.08. The first-order valence-corrected chi connectivity index (χ1v) is 6.95. The molecular formula is C9H9FN2O2S2. The third kappa shape index (κ3) is 4.18. The maximum Gasteiger partial charge on any atom is 0.209 e. The first-order chi connectivity index (χ1) is 7.42. The van der Waals surface area contributed by atoms with Crippen LogP contribution in [0.2, 0.25) is 0 Å². The summed E-state index contributed by atoms with van der Waals surface area (Å²) in [5.74, 6) is -0.558. The fraction of sp³-hybridized carbons (Fsp3) is 0.222. The minimum Gasteiger partial charge on any atom is -0.229 e. The van der Waals surface area contributed by atoms with E-state index in [0.717, 1.165) is 17.8 Å². The molecule has 0 atom stereocenters. The normalized spacial score (nSPS) is 11.1. The lowest BCUT2D eigenvalue weighted by atomic mass is 10.2. The van der Waals surface area contributed by atoms with Crippen LogP contribution in [-0.4, -0.2) is 19.9 Å². The van der Waals surface area contributed by atoms with E-state index in [0.29, 0.717) is 4.90 Å². The molecular weight excluding hydrogens is 251 g/mol. The number of nitriles is 1. The van der Waals surface area contributed by atoms with Gasteiger partial charge < -0.3 is 0 Å². The summed E-state index contributed by atoms with van der Waals surface area (Å²) in [7, 11) is -3.52. The highest BCUT2D eigenvalue weighted by molar-refractivity contribution is 8.00. The summed E-state index contributed by atoms with van der Waals surface area (Å²) >= 11 is 1.05. The minimum atomic E-state index is -3.52. The summed E-state index contributed by atoms with van der Waals surface area (Å²) in [6.45, 7) is 0. The van der Waals surface area contributed by atoms with E-state index in [2.05, 4.69) is 0 Å². The fourth-order valence-electron chi connectivity index (χ4n) is 0.955. The maximum atomic E-state index is 13.3. The standard InChI is InChI=1S/C9H9FN2O2S2/c10-8-5-7(6-11)1-2-9(8)15-3-4-16(12,13)14/h1-2,5H,3-4H2,(H2,12,13,14). The van der Waals surface area contributed by atoms with Gasteiger partial charge in [-0.1, -0.05) is 0 Å². The van der Waals surface area contributed by atoms with Gasteiger partial charge >= 0.3 is 0 Å². The van der Waals surface area contributed by atoms with Crippen molar-refractivity contribution in [2.24, 2.45) is 5.14 Å². The smallest absolute Gasteiger partial charge is 0.209 e. The van der Waals surface area contributed by atoms with E-state index in [9.17, 15) is 12.8 Å². The van der Waals surface area contributed by atoms with Crippen LogP contribution in [0.4, 0.5) is 4.39 Å². The van der Waals surface area contributed by atoms with Crippen LogP contribution in [0.15, 0.2) is 23.1 Å². The zero-order valence-corrected chi connectivity index (χ0v) is 9.81. The Labute approximate surface area is 97.3 Å². The first-order valence-electron chi connectivity index (χ1n) is 4.25. The van der Waals surface area contributed by atoms with Gasteiger partial charge in [-0.3, -0.25) is 0 Å². The Balaban J connectivity index is 2.66. The van der Waals surface area contributed by atoms with Crippen molar-refractivity contribution in [2.75, 3.05) is 11.5 Å².